The molecule has 3 N–H and O–H groups in total. The molecule has 0 fully saturated rings. The van der Waals surface area contributed by atoms with Crippen LogP contribution in [-0.2, 0) is 10.0 Å². The van der Waals surface area contributed by atoms with Crippen LogP contribution in [0.4, 0.5) is 15.8 Å². The van der Waals surface area contributed by atoms with E-state index in [-0.39, 0.29) is 16.3 Å². The molecule has 0 aliphatic heterocycles. The minimum atomic E-state index is -3.75. The Kier molecular flexibility index (Phi) is 3.20. The molecule has 0 spiro atoms. The lowest BCUT2D eigenvalue weighted by Crippen LogP contribution is -2.14. The number of nitrogens with two attached hydrogens (primary N) is 1. The van der Waals surface area contributed by atoms with E-state index >= 15 is 0 Å². The van der Waals surface area contributed by atoms with Gasteiger partial charge in [-0.25, -0.2) is 12.8 Å². The maximum atomic E-state index is 12.7. The van der Waals surface area contributed by atoms with Crippen molar-refractivity contribution in [3.8, 4) is 0 Å². The number of sulfonamides is 1. The Morgan fingerprint density at radius 1 is 1.00 bits per heavy atom. The minimum Gasteiger partial charge on any atom is -0.398 e. The van der Waals surface area contributed by atoms with E-state index in [0.29, 0.717) is 0 Å². The van der Waals surface area contributed by atoms with Crippen LogP contribution in [0.2, 0.25) is 0 Å². The van der Waals surface area contributed by atoms with E-state index in [9.17, 15) is 12.8 Å². The van der Waals surface area contributed by atoms with Gasteiger partial charge in [0.2, 0.25) is 0 Å². The van der Waals surface area contributed by atoms with Crippen molar-refractivity contribution >= 4 is 21.4 Å². The quantitative estimate of drug-likeness (QED) is 0.837. The fraction of sp³-hybridized carbons (Fsp3) is 0. The second kappa shape index (κ2) is 4.66. The molecule has 0 aliphatic rings. The van der Waals surface area contributed by atoms with Gasteiger partial charge in [-0.2, -0.15) is 0 Å². The van der Waals surface area contributed by atoms with E-state index < -0.39 is 15.8 Å². The summed E-state index contributed by atoms with van der Waals surface area (Å²) < 4.78 is 39.1. The number of anilines is 2. The highest BCUT2D eigenvalue weighted by molar-refractivity contribution is 7.92. The van der Waals surface area contributed by atoms with Crippen molar-refractivity contribution in [3.05, 3.63) is 54.3 Å². The average molecular weight is 266 g/mol. The molecule has 6 heteroatoms. The first-order valence-corrected chi connectivity index (χ1v) is 6.60. The third-order valence-electron chi connectivity index (χ3n) is 2.30. The predicted octanol–water partition coefficient (Wildman–Crippen LogP) is 2.21. The van der Waals surface area contributed by atoms with E-state index in [0.717, 1.165) is 0 Å². The molecular formula is C12H11FN2O2S. The molecule has 18 heavy (non-hydrogen) atoms. The molecule has 0 atom stereocenters. The molecule has 94 valence electrons. The van der Waals surface area contributed by atoms with Gasteiger partial charge >= 0.3 is 0 Å². The fourth-order valence-electron chi connectivity index (χ4n) is 1.45. The number of hydrogen-bond donors (Lipinski definition) is 2. The largest absolute Gasteiger partial charge is 0.398 e. The standard InChI is InChI=1S/C12H11FN2O2S/c13-9-5-7-10(8-6-9)15-18(16,17)12-4-2-1-3-11(12)14/h1-8,15H,14H2. The van der Waals surface area contributed by atoms with Gasteiger partial charge in [0.1, 0.15) is 10.7 Å². The Hall–Kier alpha value is -2.08. The summed E-state index contributed by atoms with van der Waals surface area (Å²) in [6.45, 7) is 0. The van der Waals surface area contributed by atoms with Crippen LogP contribution in [0.5, 0.6) is 0 Å². The number of benzene rings is 2. The molecule has 0 bridgehead atoms. The van der Waals surface area contributed by atoms with Crippen molar-refractivity contribution in [2.24, 2.45) is 0 Å². The van der Waals surface area contributed by atoms with Crippen molar-refractivity contribution in [1.82, 2.24) is 0 Å². The van der Waals surface area contributed by atoms with Gasteiger partial charge in [-0.05, 0) is 36.4 Å². The van der Waals surface area contributed by atoms with Gasteiger partial charge in [0.15, 0.2) is 0 Å². The molecule has 0 saturated heterocycles. The van der Waals surface area contributed by atoms with E-state index in [1.807, 2.05) is 0 Å². The number of para-hydroxylation sites is 1. The molecule has 2 aromatic carbocycles. The molecule has 0 radical (unpaired) electrons. The summed E-state index contributed by atoms with van der Waals surface area (Å²) >= 11 is 0. The third kappa shape index (κ3) is 2.60. The Bertz CT molecular complexity index is 654. The zero-order valence-corrected chi connectivity index (χ0v) is 10.1. The first kappa shape index (κ1) is 12.4. The van der Waals surface area contributed by atoms with Crippen molar-refractivity contribution in [3.63, 3.8) is 0 Å². The Balaban J connectivity index is 2.33. The summed E-state index contributed by atoms with van der Waals surface area (Å²) in [7, 11) is -3.75. The van der Waals surface area contributed by atoms with Crippen molar-refractivity contribution in [2.45, 2.75) is 4.90 Å². The van der Waals surface area contributed by atoms with Gasteiger partial charge in [-0.1, -0.05) is 12.1 Å². The van der Waals surface area contributed by atoms with Crippen molar-refractivity contribution < 1.29 is 12.8 Å². The molecule has 0 amide bonds. The second-order valence-corrected chi connectivity index (χ2v) is 5.30. The smallest absolute Gasteiger partial charge is 0.263 e. The molecule has 4 nitrogen and oxygen atoms in total. The van der Waals surface area contributed by atoms with Gasteiger partial charge in [0.25, 0.3) is 10.0 Å². The van der Waals surface area contributed by atoms with Crippen LogP contribution in [0.1, 0.15) is 0 Å². The molecular weight excluding hydrogens is 255 g/mol. The highest BCUT2D eigenvalue weighted by atomic mass is 32.2. The van der Waals surface area contributed by atoms with E-state index in [2.05, 4.69) is 4.72 Å². The highest BCUT2D eigenvalue weighted by Crippen LogP contribution is 2.21. The number of halogens is 1. The van der Waals surface area contributed by atoms with E-state index in [1.165, 1.54) is 36.4 Å². The lowest BCUT2D eigenvalue weighted by atomic mass is 10.3. The third-order valence-corrected chi connectivity index (χ3v) is 3.76. The molecule has 0 aromatic heterocycles. The maximum Gasteiger partial charge on any atom is 0.263 e. The summed E-state index contributed by atoms with van der Waals surface area (Å²) in [4.78, 5) is -0.00525. The monoisotopic (exact) mass is 266 g/mol. The summed E-state index contributed by atoms with van der Waals surface area (Å²) in [5, 5.41) is 0. The van der Waals surface area contributed by atoms with Crippen LogP contribution in [-0.4, -0.2) is 8.42 Å². The molecule has 0 saturated carbocycles. The van der Waals surface area contributed by atoms with Crippen molar-refractivity contribution in [1.29, 1.82) is 0 Å². The predicted molar refractivity (Wildman–Crippen MR) is 68.1 cm³/mol. The Morgan fingerprint density at radius 3 is 2.22 bits per heavy atom. The number of rotatable bonds is 3. The van der Waals surface area contributed by atoms with E-state index in [4.69, 9.17) is 5.73 Å². The average Bonchev–Trinajstić information content (AvgIpc) is 2.32. The molecule has 2 rings (SSSR count). The number of nitrogens with one attached hydrogen (secondary N) is 1. The van der Waals surface area contributed by atoms with Crippen LogP contribution in [0.25, 0.3) is 0 Å². The van der Waals surface area contributed by atoms with Gasteiger partial charge in [-0.3, -0.25) is 4.72 Å². The number of nitrogen functional groups attached to an aromatic ring is 1. The van der Waals surface area contributed by atoms with Crippen LogP contribution < -0.4 is 10.5 Å². The fourth-order valence-corrected chi connectivity index (χ4v) is 2.65. The van der Waals surface area contributed by atoms with Gasteiger partial charge in [0.05, 0.1) is 5.69 Å². The molecule has 0 aliphatic carbocycles. The lowest BCUT2D eigenvalue weighted by Gasteiger charge is -2.09. The SMILES string of the molecule is Nc1ccccc1S(=O)(=O)Nc1ccc(F)cc1. The zero-order valence-electron chi connectivity index (χ0n) is 9.30. The van der Waals surface area contributed by atoms with Crippen LogP contribution >= 0.6 is 0 Å². The lowest BCUT2D eigenvalue weighted by molar-refractivity contribution is 0.601. The van der Waals surface area contributed by atoms with Crippen molar-refractivity contribution in [2.75, 3.05) is 10.5 Å². The van der Waals surface area contributed by atoms with Gasteiger partial charge < -0.3 is 5.73 Å². The Labute approximate surface area is 104 Å². The van der Waals surface area contributed by atoms with E-state index in [1.54, 1.807) is 12.1 Å². The summed E-state index contributed by atoms with van der Waals surface area (Å²) in [5.41, 5.74) is 6.04. The zero-order chi connectivity index (χ0) is 13.2. The maximum absolute atomic E-state index is 12.7. The van der Waals surface area contributed by atoms with Crippen LogP contribution in [0, 0.1) is 5.82 Å². The van der Waals surface area contributed by atoms with Crippen LogP contribution in [0.15, 0.2) is 53.4 Å². The first-order valence-electron chi connectivity index (χ1n) is 5.12. The summed E-state index contributed by atoms with van der Waals surface area (Å²) in [5.74, 6) is -0.433. The normalized spacial score (nSPS) is 11.2. The highest BCUT2D eigenvalue weighted by Gasteiger charge is 2.16. The Morgan fingerprint density at radius 2 is 1.61 bits per heavy atom. The molecule has 0 heterocycles. The number of hydrogen-bond acceptors (Lipinski definition) is 3. The van der Waals surface area contributed by atoms with Gasteiger partial charge in [-0.15, -0.1) is 0 Å². The second-order valence-electron chi connectivity index (χ2n) is 3.65. The van der Waals surface area contributed by atoms with Gasteiger partial charge in [0, 0.05) is 5.69 Å². The summed E-state index contributed by atoms with van der Waals surface area (Å²) in [6.07, 6.45) is 0. The first-order chi connectivity index (χ1) is 8.49. The summed E-state index contributed by atoms with van der Waals surface area (Å²) in [6, 6.07) is 11.2. The minimum absolute atomic E-state index is 0.00525. The molecule has 0 unspecified atom stereocenters. The van der Waals surface area contributed by atoms with Crippen LogP contribution in [0.3, 0.4) is 0 Å². The topological polar surface area (TPSA) is 72.2 Å². The molecule has 2 aromatic rings.